The molecule has 0 saturated carbocycles. The van der Waals surface area contributed by atoms with Gasteiger partial charge in [0.2, 0.25) is 0 Å². The van der Waals surface area contributed by atoms with Crippen LogP contribution in [0.1, 0.15) is 13.8 Å². The Labute approximate surface area is 102 Å². The van der Waals surface area contributed by atoms with Gasteiger partial charge in [-0.1, -0.05) is 6.07 Å². The van der Waals surface area contributed by atoms with Crippen LogP contribution in [0.4, 0.5) is 0 Å². The summed E-state index contributed by atoms with van der Waals surface area (Å²) in [5.41, 5.74) is 0. The van der Waals surface area contributed by atoms with Crippen molar-refractivity contribution in [2.24, 2.45) is 0 Å². The van der Waals surface area contributed by atoms with Crippen molar-refractivity contribution < 1.29 is 25.8 Å². The van der Waals surface area contributed by atoms with Gasteiger partial charge in [0.05, 0.1) is 13.2 Å². The molecule has 0 radical (unpaired) electrons. The monoisotopic (exact) mass is 308 g/mol. The van der Waals surface area contributed by atoms with Crippen LogP contribution in [0, 0.1) is 6.07 Å². The minimum atomic E-state index is 0.659. The van der Waals surface area contributed by atoms with E-state index in [0.717, 1.165) is 11.5 Å². The van der Waals surface area contributed by atoms with Gasteiger partial charge >= 0.3 is 30.0 Å². The summed E-state index contributed by atoms with van der Waals surface area (Å²) in [7, 11) is 0. The molecule has 0 fully saturated rings. The Balaban J connectivity index is 0.000000791. The van der Waals surface area contributed by atoms with E-state index in [-0.39, 0.29) is 0 Å². The van der Waals surface area contributed by atoms with E-state index in [1.165, 1.54) is 16.3 Å². The van der Waals surface area contributed by atoms with Gasteiger partial charge in [-0.05, 0) is 13.8 Å². The van der Waals surface area contributed by atoms with E-state index in [1.807, 2.05) is 26.0 Å². The molecule has 74 valence electrons. The third kappa shape index (κ3) is 5.61. The maximum atomic E-state index is 5.29. The van der Waals surface area contributed by atoms with Gasteiger partial charge in [0.25, 0.3) is 0 Å². The van der Waals surface area contributed by atoms with Crippen molar-refractivity contribution in [2.75, 3.05) is 13.2 Å². The number of ether oxygens (including phenoxy) is 2. The van der Waals surface area contributed by atoms with Crippen molar-refractivity contribution in [3.8, 4) is 11.5 Å². The molecule has 1 aromatic rings. The van der Waals surface area contributed by atoms with E-state index < -0.39 is 0 Å². The van der Waals surface area contributed by atoms with Crippen LogP contribution in [-0.2, 0) is 16.3 Å². The molecule has 0 aromatic heterocycles. The Morgan fingerprint density at radius 1 is 1.29 bits per heavy atom. The van der Waals surface area contributed by atoms with Gasteiger partial charge < -0.3 is 9.47 Å². The second-order valence-corrected chi connectivity index (χ2v) is 2.25. The van der Waals surface area contributed by atoms with Crippen LogP contribution in [-0.4, -0.2) is 13.2 Å². The van der Waals surface area contributed by atoms with Gasteiger partial charge in [0.1, 0.15) is 0 Å². The Kier molecular flexibility index (Phi) is 9.43. The summed E-state index contributed by atoms with van der Waals surface area (Å²) in [5, 5.41) is 0. The summed E-state index contributed by atoms with van der Waals surface area (Å²) in [4.78, 5) is 0. The average Bonchev–Trinajstić information content (AvgIpc) is 2.22. The molecule has 0 amide bonds. The van der Waals surface area contributed by atoms with Crippen molar-refractivity contribution >= 4 is 13.6 Å². The number of hydrogen-bond acceptors (Lipinski definition) is 2. The van der Waals surface area contributed by atoms with Crippen LogP contribution in [0.3, 0.4) is 0 Å². The van der Waals surface area contributed by atoms with Crippen molar-refractivity contribution in [1.82, 2.24) is 0 Å². The van der Waals surface area contributed by atoms with E-state index in [4.69, 9.17) is 9.47 Å². The second-order valence-electron chi connectivity index (χ2n) is 2.25. The molecule has 0 saturated heterocycles. The summed E-state index contributed by atoms with van der Waals surface area (Å²) in [5.74, 6) is 1.57. The fraction of sp³-hybridized carbons (Fsp3) is 0.400. The predicted octanol–water partition coefficient (Wildman–Crippen LogP) is 3.13. The fourth-order valence-corrected chi connectivity index (χ4v) is 0.920. The Hall–Kier alpha value is -0.0766. The van der Waals surface area contributed by atoms with E-state index >= 15 is 0 Å². The van der Waals surface area contributed by atoms with Crippen LogP contribution < -0.4 is 9.47 Å². The molecular formula is C10H13BrO2Zn. The first-order valence-corrected chi connectivity index (χ1v) is 11.4. The third-order valence-electron chi connectivity index (χ3n) is 1.36. The first-order valence-electron chi connectivity index (χ1n) is 4.41. The molecule has 0 aliphatic heterocycles. The predicted molar refractivity (Wildman–Crippen MR) is 56.5 cm³/mol. The fourth-order valence-electron chi connectivity index (χ4n) is 0.920. The van der Waals surface area contributed by atoms with Crippen LogP contribution >= 0.6 is 13.6 Å². The minimum absolute atomic E-state index is 0.659. The first kappa shape index (κ1) is 13.9. The molecule has 0 aliphatic carbocycles. The SMILES string of the molecule is CCOc1[c-]ccc(OCC)c1.[Zn+][Br]. The molecule has 0 bridgehead atoms. The molecule has 2 nitrogen and oxygen atoms in total. The summed E-state index contributed by atoms with van der Waals surface area (Å²) < 4.78 is 10.6. The Morgan fingerprint density at radius 2 is 1.93 bits per heavy atom. The Morgan fingerprint density at radius 3 is 2.50 bits per heavy atom. The zero-order valence-corrected chi connectivity index (χ0v) is 13.1. The molecule has 14 heavy (non-hydrogen) atoms. The van der Waals surface area contributed by atoms with Crippen molar-refractivity contribution in [1.29, 1.82) is 0 Å². The Bertz CT molecular complexity index is 222. The number of benzene rings is 1. The molecule has 1 aromatic carbocycles. The van der Waals surface area contributed by atoms with Crippen molar-refractivity contribution in [3.05, 3.63) is 24.3 Å². The van der Waals surface area contributed by atoms with E-state index in [2.05, 4.69) is 19.7 Å². The van der Waals surface area contributed by atoms with E-state index in [9.17, 15) is 0 Å². The number of rotatable bonds is 4. The molecule has 4 heteroatoms. The van der Waals surface area contributed by atoms with Gasteiger partial charge in [-0.25, -0.2) is 0 Å². The zero-order valence-electron chi connectivity index (χ0n) is 8.55. The summed E-state index contributed by atoms with van der Waals surface area (Å²) >= 11 is 4.25. The topological polar surface area (TPSA) is 18.5 Å². The van der Waals surface area contributed by atoms with Crippen LogP contribution in [0.5, 0.6) is 11.5 Å². The van der Waals surface area contributed by atoms with Gasteiger partial charge in [-0.3, -0.25) is 0 Å². The van der Waals surface area contributed by atoms with E-state index in [1.54, 1.807) is 6.07 Å². The van der Waals surface area contributed by atoms with Crippen LogP contribution in [0.2, 0.25) is 0 Å². The molecule has 0 spiro atoms. The first-order chi connectivity index (χ1) is 6.86. The number of halogens is 1. The van der Waals surface area contributed by atoms with Gasteiger partial charge in [-0.15, -0.1) is 12.1 Å². The molecular weight excluding hydrogens is 297 g/mol. The van der Waals surface area contributed by atoms with E-state index in [0.29, 0.717) is 13.2 Å². The van der Waals surface area contributed by atoms with Gasteiger partial charge in [-0.2, -0.15) is 6.07 Å². The summed E-state index contributed by atoms with van der Waals surface area (Å²) in [6.45, 7) is 5.24. The molecule has 0 aliphatic rings. The van der Waals surface area contributed by atoms with Crippen molar-refractivity contribution in [2.45, 2.75) is 13.8 Å². The third-order valence-corrected chi connectivity index (χ3v) is 1.36. The van der Waals surface area contributed by atoms with Gasteiger partial charge in [0.15, 0.2) is 0 Å². The normalized spacial score (nSPS) is 8.64. The second kappa shape index (κ2) is 9.48. The maximum absolute atomic E-state index is 5.29. The number of hydrogen-bond donors (Lipinski definition) is 0. The molecule has 0 unspecified atom stereocenters. The summed E-state index contributed by atoms with van der Waals surface area (Å²) in [6, 6.07) is 8.47. The average molecular weight is 311 g/mol. The zero-order chi connectivity index (χ0) is 10.8. The van der Waals surface area contributed by atoms with Crippen molar-refractivity contribution in [3.63, 3.8) is 0 Å². The summed E-state index contributed by atoms with van der Waals surface area (Å²) in [6.07, 6.45) is 0. The van der Waals surface area contributed by atoms with Crippen LogP contribution in [0.15, 0.2) is 18.2 Å². The molecule has 0 atom stereocenters. The quantitative estimate of drug-likeness (QED) is 0.628. The van der Waals surface area contributed by atoms with Gasteiger partial charge in [0, 0.05) is 11.5 Å². The molecule has 0 heterocycles. The van der Waals surface area contributed by atoms with Crippen LogP contribution in [0.25, 0.3) is 0 Å². The molecule has 1 rings (SSSR count). The standard InChI is InChI=1S/C10H13O2.BrH.Zn/c1-3-11-9-6-5-7-10(8-9)12-4-2;;/h5-6,8H,3-4H2,1-2H3;1H;/q-1;;+2/p-1. The molecule has 0 N–H and O–H groups in total.